The topological polar surface area (TPSA) is 156 Å². The summed E-state index contributed by atoms with van der Waals surface area (Å²) in [6.07, 6.45) is -1.08. The SMILES string of the molecule is COc1cccc(CNC(=O)c2cc(-c3nnn(CC4COC(C(N)=O)CO4)n3)cc(C)n2)c1. The van der Waals surface area contributed by atoms with Crippen LogP contribution in [-0.4, -0.2) is 69.5 Å². The van der Waals surface area contributed by atoms with Crippen LogP contribution < -0.4 is 15.8 Å². The highest BCUT2D eigenvalue weighted by Gasteiger charge is 2.27. The van der Waals surface area contributed by atoms with Crippen LogP contribution in [-0.2, 0) is 27.4 Å². The van der Waals surface area contributed by atoms with E-state index in [0.29, 0.717) is 23.6 Å². The van der Waals surface area contributed by atoms with E-state index >= 15 is 0 Å². The lowest BCUT2D eigenvalue weighted by Crippen LogP contribution is -2.44. The van der Waals surface area contributed by atoms with E-state index in [2.05, 4.69) is 25.7 Å². The highest BCUT2D eigenvalue weighted by atomic mass is 16.6. The average molecular weight is 467 g/mol. The van der Waals surface area contributed by atoms with Gasteiger partial charge in [0.2, 0.25) is 11.7 Å². The largest absolute Gasteiger partial charge is 0.497 e. The third-order valence-electron chi connectivity index (χ3n) is 5.14. The van der Waals surface area contributed by atoms with Crippen molar-refractivity contribution < 1.29 is 23.8 Å². The van der Waals surface area contributed by atoms with Crippen LogP contribution >= 0.6 is 0 Å². The van der Waals surface area contributed by atoms with E-state index in [4.69, 9.17) is 19.9 Å². The number of aryl methyl sites for hydroxylation is 1. The maximum atomic E-state index is 12.7. The van der Waals surface area contributed by atoms with Crippen molar-refractivity contribution >= 4 is 11.8 Å². The lowest BCUT2D eigenvalue weighted by atomic mass is 10.1. The molecule has 2 unspecified atom stereocenters. The number of rotatable bonds is 8. The Bertz CT molecular complexity index is 1170. The predicted octanol–water partition coefficient (Wildman–Crippen LogP) is 0.251. The minimum atomic E-state index is -0.746. The Labute approximate surface area is 195 Å². The van der Waals surface area contributed by atoms with Gasteiger partial charge in [0.05, 0.1) is 26.9 Å². The number of carbonyl (C=O) groups is 2. The minimum absolute atomic E-state index is 0.0827. The Morgan fingerprint density at radius 3 is 2.82 bits per heavy atom. The Morgan fingerprint density at radius 2 is 2.09 bits per heavy atom. The van der Waals surface area contributed by atoms with Crippen LogP contribution in [0.4, 0.5) is 0 Å². The zero-order valence-corrected chi connectivity index (χ0v) is 18.8. The average Bonchev–Trinajstić information content (AvgIpc) is 3.31. The van der Waals surface area contributed by atoms with Gasteiger partial charge in [-0.05, 0) is 42.0 Å². The number of nitrogens with one attached hydrogen (secondary N) is 1. The molecule has 3 heterocycles. The number of pyridine rings is 1. The Hall–Kier alpha value is -3.90. The molecule has 1 fully saturated rings. The number of amides is 2. The van der Waals surface area contributed by atoms with Crippen molar-refractivity contribution in [3.63, 3.8) is 0 Å². The van der Waals surface area contributed by atoms with Crippen LogP contribution in [0.5, 0.6) is 5.75 Å². The smallest absolute Gasteiger partial charge is 0.270 e. The fraction of sp³-hybridized carbons (Fsp3) is 0.364. The summed E-state index contributed by atoms with van der Waals surface area (Å²) in [4.78, 5) is 29.6. The van der Waals surface area contributed by atoms with Gasteiger partial charge in [0, 0.05) is 17.8 Å². The molecule has 1 saturated heterocycles. The van der Waals surface area contributed by atoms with E-state index in [9.17, 15) is 9.59 Å². The molecule has 0 spiro atoms. The third-order valence-corrected chi connectivity index (χ3v) is 5.14. The van der Waals surface area contributed by atoms with Gasteiger partial charge in [-0.2, -0.15) is 4.80 Å². The fourth-order valence-electron chi connectivity index (χ4n) is 3.40. The number of tetrazole rings is 1. The minimum Gasteiger partial charge on any atom is -0.497 e. The molecule has 0 bridgehead atoms. The van der Waals surface area contributed by atoms with Crippen LogP contribution in [0.2, 0.25) is 0 Å². The second-order valence-corrected chi connectivity index (χ2v) is 7.76. The van der Waals surface area contributed by atoms with Gasteiger partial charge in [-0.25, -0.2) is 4.98 Å². The van der Waals surface area contributed by atoms with E-state index in [1.165, 1.54) is 4.80 Å². The molecule has 4 rings (SSSR count). The first-order valence-corrected chi connectivity index (χ1v) is 10.6. The second kappa shape index (κ2) is 10.4. The molecule has 0 saturated carbocycles. The molecule has 1 aromatic carbocycles. The fourth-order valence-corrected chi connectivity index (χ4v) is 3.40. The highest BCUT2D eigenvalue weighted by molar-refractivity contribution is 5.93. The third kappa shape index (κ3) is 5.71. The number of carbonyl (C=O) groups excluding carboxylic acids is 2. The van der Waals surface area contributed by atoms with Gasteiger partial charge in [-0.1, -0.05) is 12.1 Å². The Morgan fingerprint density at radius 1 is 1.24 bits per heavy atom. The summed E-state index contributed by atoms with van der Waals surface area (Å²) in [7, 11) is 1.59. The van der Waals surface area contributed by atoms with E-state index in [-0.39, 0.29) is 37.5 Å². The molecule has 2 aromatic heterocycles. The monoisotopic (exact) mass is 467 g/mol. The van der Waals surface area contributed by atoms with Gasteiger partial charge in [0.1, 0.15) is 17.5 Å². The summed E-state index contributed by atoms with van der Waals surface area (Å²) in [5.41, 5.74) is 7.62. The molecular weight excluding hydrogens is 442 g/mol. The first-order valence-electron chi connectivity index (χ1n) is 10.6. The van der Waals surface area contributed by atoms with Gasteiger partial charge in [-0.15, -0.1) is 10.2 Å². The highest BCUT2D eigenvalue weighted by Crippen LogP contribution is 2.17. The molecule has 12 heteroatoms. The number of benzene rings is 1. The van der Waals surface area contributed by atoms with E-state index in [1.54, 1.807) is 26.2 Å². The number of hydrogen-bond donors (Lipinski definition) is 2. The zero-order chi connectivity index (χ0) is 24.1. The second-order valence-electron chi connectivity index (χ2n) is 7.76. The molecule has 0 radical (unpaired) electrons. The first-order chi connectivity index (χ1) is 16.4. The molecular formula is C22H25N7O5. The number of aromatic nitrogens is 5. The molecule has 2 atom stereocenters. The van der Waals surface area contributed by atoms with Gasteiger partial charge in [0.15, 0.2) is 6.10 Å². The molecule has 1 aliphatic heterocycles. The molecule has 1 aliphatic rings. The van der Waals surface area contributed by atoms with Crippen molar-refractivity contribution in [2.75, 3.05) is 20.3 Å². The van der Waals surface area contributed by atoms with Gasteiger partial charge < -0.3 is 25.3 Å². The number of nitrogens with zero attached hydrogens (tertiary/aromatic N) is 5. The maximum Gasteiger partial charge on any atom is 0.270 e. The normalized spacial score (nSPS) is 17.8. The Balaban J connectivity index is 1.40. The van der Waals surface area contributed by atoms with E-state index in [1.807, 2.05) is 24.3 Å². The number of methoxy groups -OCH3 is 1. The summed E-state index contributed by atoms with van der Waals surface area (Å²) < 4.78 is 16.2. The number of ether oxygens (including phenoxy) is 3. The van der Waals surface area contributed by atoms with Crippen LogP contribution in [0.15, 0.2) is 36.4 Å². The van der Waals surface area contributed by atoms with Crippen molar-refractivity contribution in [2.45, 2.75) is 32.2 Å². The number of primary amides is 1. The molecule has 0 aliphatic carbocycles. The molecule has 2 amide bonds. The first kappa shape index (κ1) is 23.3. The quantitative estimate of drug-likeness (QED) is 0.474. The molecule has 178 valence electrons. The standard InChI is InChI=1S/C22H25N7O5/c1-13-6-15(8-18(25-13)22(31)24-9-14-4-3-5-16(7-14)32-2)21-26-28-29(27-21)10-17-11-34-19(12-33-17)20(23)30/h3-8,17,19H,9-12H2,1-2H3,(H2,23,30)(H,24,31). The lowest BCUT2D eigenvalue weighted by Gasteiger charge is -2.27. The van der Waals surface area contributed by atoms with Crippen molar-refractivity contribution in [1.82, 2.24) is 30.5 Å². The summed E-state index contributed by atoms with van der Waals surface area (Å²) in [6, 6.07) is 10.8. The summed E-state index contributed by atoms with van der Waals surface area (Å²) in [5, 5.41) is 15.4. The van der Waals surface area contributed by atoms with E-state index < -0.39 is 12.0 Å². The van der Waals surface area contributed by atoms with Crippen molar-refractivity contribution in [3.05, 3.63) is 53.3 Å². The van der Waals surface area contributed by atoms with Crippen molar-refractivity contribution in [1.29, 1.82) is 0 Å². The maximum absolute atomic E-state index is 12.7. The van der Waals surface area contributed by atoms with Crippen molar-refractivity contribution in [3.8, 4) is 17.1 Å². The number of nitrogens with two attached hydrogens (primary N) is 1. The van der Waals surface area contributed by atoms with Gasteiger partial charge in [-0.3, -0.25) is 9.59 Å². The summed E-state index contributed by atoms with van der Waals surface area (Å²) in [6.45, 7) is 2.68. The van der Waals surface area contributed by atoms with Crippen LogP contribution in [0.1, 0.15) is 21.7 Å². The van der Waals surface area contributed by atoms with Crippen LogP contribution in [0.25, 0.3) is 11.4 Å². The molecule has 34 heavy (non-hydrogen) atoms. The zero-order valence-electron chi connectivity index (χ0n) is 18.8. The molecule has 12 nitrogen and oxygen atoms in total. The van der Waals surface area contributed by atoms with Crippen LogP contribution in [0.3, 0.4) is 0 Å². The molecule has 3 aromatic rings. The summed E-state index contributed by atoms with van der Waals surface area (Å²) >= 11 is 0. The van der Waals surface area contributed by atoms with Gasteiger partial charge in [0.25, 0.3) is 5.91 Å². The summed E-state index contributed by atoms with van der Waals surface area (Å²) in [5.74, 6) is 0.182. The van der Waals surface area contributed by atoms with Crippen LogP contribution in [0, 0.1) is 6.92 Å². The Kier molecular flexibility index (Phi) is 7.09. The van der Waals surface area contributed by atoms with E-state index in [0.717, 1.165) is 11.3 Å². The lowest BCUT2D eigenvalue weighted by molar-refractivity contribution is -0.160. The van der Waals surface area contributed by atoms with Gasteiger partial charge >= 0.3 is 0 Å². The predicted molar refractivity (Wildman–Crippen MR) is 119 cm³/mol. The molecule has 3 N–H and O–H groups in total. The van der Waals surface area contributed by atoms with Crippen molar-refractivity contribution in [2.24, 2.45) is 5.73 Å². The number of hydrogen-bond acceptors (Lipinski definition) is 9.